The molecule has 3 rings (SSSR count). The molecule has 0 unspecified atom stereocenters. The quantitative estimate of drug-likeness (QED) is 0.617. The number of rotatable bonds is 6. The van der Waals surface area contributed by atoms with Crippen molar-refractivity contribution in [3.8, 4) is 11.6 Å². The number of thioether (sulfide) groups is 1. The first kappa shape index (κ1) is 18.4. The van der Waals surface area contributed by atoms with Crippen LogP contribution in [0.4, 0.5) is 0 Å². The number of carbonyl (C=O) groups excluding carboxylic acids is 2. The van der Waals surface area contributed by atoms with Gasteiger partial charge >= 0.3 is 0 Å². The van der Waals surface area contributed by atoms with E-state index in [-0.39, 0.29) is 11.8 Å². The van der Waals surface area contributed by atoms with E-state index in [9.17, 15) is 9.59 Å². The Morgan fingerprint density at radius 1 is 1.31 bits per heavy atom. The van der Waals surface area contributed by atoms with Crippen molar-refractivity contribution in [3.05, 3.63) is 29.7 Å². The number of nitrogens with one attached hydrogen (secondary N) is 1. The second-order valence-corrected chi connectivity index (χ2v) is 6.88. The summed E-state index contributed by atoms with van der Waals surface area (Å²) in [5.74, 6) is 0.852. The van der Waals surface area contributed by atoms with Crippen LogP contribution in [-0.2, 0) is 4.79 Å². The Hall–Kier alpha value is -2.35. The molecule has 0 spiro atoms. The number of aryl methyl sites for hydroxylation is 1. The normalized spacial score (nSPS) is 13.8. The molecule has 0 aliphatic carbocycles. The molecule has 26 heavy (non-hydrogen) atoms. The molecule has 8 heteroatoms. The van der Waals surface area contributed by atoms with Gasteiger partial charge in [-0.3, -0.25) is 9.59 Å². The number of amides is 2. The molecule has 3 heterocycles. The van der Waals surface area contributed by atoms with E-state index in [0.717, 1.165) is 25.9 Å². The van der Waals surface area contributed by atoms with Gasteiger partial charge in [-0.05, 0) is 38.2 Å². The molecule has 2 amide bonds. The number of carbonyl (C=O) groups is 2. The molecule has 1 aliphatic rings. The van der Waals surface area contributed by atoms with Crippen molar-refractivity contribution in [2.24, 2.45) is 0 Å². The van der Waals surface area contributed by atoms with Crippen LogP contribution >= 0.6 is 11.8 Å². The topological polar surface area (TPSA) is 88.3 Å². The zero-order chi connectivity index (χ0) is 18.5. The van der Waals surface area contributed by atoms with Crippen molar-refractivity contribution in [1.29, 1.82) is 0 Å². The number of furan rings is 1. The summed E-state index contributed by atoms with van der Waals surface area (Å²) < 4.78 is 5.34. The number of likely N-dealkylation sites (tertiary alicyclic amines) is 1. The van der Waals surface area contributed by atoms with Crippen molar-refractivity contribution in [2.45, 2.75) is 31.2 Å². The third-order valence-corrected chi connectivity index (χ3v) is 4.98. The first-order chi connectivity index (χ1) is 12.6. The van der Waals surface area contributed by atoms with Crippen molar-refractivity contribution in [2.75, 3.05) is 25.9 Å². The third kappa shape index (κ3) is 4.07. The Bertz CT molecular complexity index is 786. The zero-order valence-corrected chi connectivity index (χ0v) is 15.8. The van der Waals surface area contributed by atoms with Gasteiger partial charge in [0.2, 0.25) is 5.91 Å². The molecule has 0 saturated carbocycles. The minimum atomic E-state index is -0.257. The standard InChI is InChI=1S/C18H22N4O3S/c1-12-15(17(24)19-8-7-14(23)22-9-3-4-10-22)18(26-2)21-16(20-12)13-6-5-11-25-13/h5-6,11H,3-4,7-10H2,1-2H3,(H,19,24). The lowest BCUT2D eigenvalue weighted by Gasteiger charge is -2.15. The Balaban J connectivity index is 1.67. The van der Waals surface area contributed by atoms with Gasteiger partial charge in [0.15, 0.2) is 11.6 Å². The number of nitrogens with zero attached hydrogens (tertiary/aromatic N) is 3. The molecular weight excluding hydrogens is 352 g/mol. The van der Waals surface area contributed by atoms with Gasteiger partial charge in [0.05, 0.1) is 17.5 Å². The summed E-state index contributed by atoms with van der Waals surface area (Å²) >= 11 is 1.38. The second kappa shape index (κ2) is 8.35. The van der Waals surface area contributed by atoms with Crippen LogP contribution in [0.3, 0.4) is 0 Å². The molecule has 138 valence electrons. The molecule has 0 atom stereocenters. The van der Waals surface area contributed by atoms with Crippen molar-refractivity contribution < 1.29 is 14.0 Å². The van der Waals surface area contributed by atoms with Gasteiger partial charge < -0.3 is 14.6 Å². The van der Waals surface area contributed by atoms with Crippen molar-refractivity contribution in [1.82, 2.24) is 20.2 Å². The van der Waals surface area contributed by atoms with Gasteiger partial charge in [-0.15, -0.1) is 11.8 Å². The van der Waals surface area contributed by atoms with Crippen molar-refractivity contribution >= 4 is 23.6 Å². The third-order valence-electron chi connectivity index (χ3n) is 4.30. The molecule has 7 nitrogen and oxygen atoms in total. The molecule has 0 bridgehead atoms. The van der Waals surface area contributed by atoms with Crippen LogP contribution in [0.25, 0.3) is 11.6 Å². The monoisotopic (exact) mass is 374 g/mol. The van der Waals surface area contributed by atoms with Gasteiger partial charge in [0.25, 0.3) is 5.91 Å². The van der Waals surface area contributed by atoms with Crippen LogP contribution in [0.1, 0.15) is 35.3 Å². The summed E-state index contributed by atoms with van der Waals surface area (Å²) in [6.45, 7) is 3.73. The fourth-order valence-corrected chi connectivity index (χ4v) is 3.59. The summed E-state index contributed by atoms with van der Waals surface area (Å²) in [4.78, 5) is 35.4. The van der Waals surface area contributed by atoms with E-state index in [1.165, 1.54) is 11.8 Å². The van der Waals surface area contributed by atoms with Crippen LogP contribution in [0, 0.1) is 6.92 Å². The van der Waals surface area contributed by atoms with Crippen LogP contribution in [0.2, 0.25) is 0 Å². The first-order valence-electron chi connectivity index (χ1n) is 8.62. The van der Waals surface area contributed by atoms with Gasteiger partial charge in [-0.1, -0.05) is 0 Å². The summed E-state index contributed by atoms with van der Waals surface area (Å²) in [5.41, 5.74) is 1.03. The lowest BCUT2D eigenvalue weighted by atomic mass is 10.2. The predicted molar refractivity (Wildman–Crippen MR) is 99.0 cm³/mol. The summed E-state index contributed by atoms with van der Waals surface area (Å²) in [6, 6.07) is 3.55. The van der Waals surface area contributed by atoms with Gasteiger partial charge in [-0.25, -0.2) is 9.97 Å². The van der Waals surface area contributed by atoms with Crippen LogP contribution in [-0.4, -0.2) is 52.6 Å². The molecule has 0 radical (unpaired) electrons. The smallest absolute Gasteiger partial charge is 0.255 e. The Morgan fingerprint density at radius 3 is 2.73 bits per heavy atom. The SMILES string of the molecule is CSc1nc(-c2ccco2)nc(C)c1C(=O)NCCC(=O)N1CCCC1. The molecule has 2 aromatic rings. The zero-order valence-electron chi connectivity index (χ0n) is 14.9. The minimum absolute atomic E-state index is 0.0917. The maximum Gasteiger partial charge on any atom is 0.255 e. The lowest BCUT2D eigenvalue weighted by Crippen LogP contribution is -2.33. The Morgan fingerprint density at radius 2 is 2.08 bits per heavy atom. The van der Waals surface area contributed by atoms with E-state index >= 15 is 0 Å². The highest BCUT2D eigenvalue weighted by atomic mass is 32.2. The molecule has 1 N–H and O–H groups in total. The van der Waals surface area contributed by atoms with Crippen LogP contribution < -0.4 is 5.32 Å². The highest BCUT2D eigenvalue weighted by Gasteiger charge is 2.21. The highest BCUT2D eigenvalue weighted by molar-refractivity contribution is 7.98. The van der Waals surface area contributed by atoms with Crippen LogP contribution in [0.5, 0.6) is 0 Å². The highest BCUT2D eigenvalue weighted by Crippen LogP contribution is 2.25. The second-order valence-electron chi connectivity index (χ2n) is 6.09. The average molecular weight is 374 g/mol. The molecule has 2 aromatic heterocycles. The minimum Gasteiger partial charge on any atom is -0.461 e. The average Bonchev–Trinajstić information content (AvgIpc) is 3.34. The number of aromatic nitrogens is 2. The van der Waals surface area contributed by atoms with E-state index in [4.69, 9.17) is 4.42 Å². The first-order valence-corrected chi connectivity index (χ1v) is 9.85. The van der Waals surface area contributed by atoms with Gasteiger partial charge in [0.1, 0.15) is 5.03 Å². The molecule has 0 aromatic carbocycles. The molecule has 1 fully saturated rings. The summed E-state index contributed by atoms with van der Waals surface area (Å²) in [6.07, 6.45) is 5.86. The van der Waals surface area contributed by atoms with E-state index < -0.39 is 0 Å². The Kier molecular flexibility index (Phi) is 5.92. The molecule has 1 saturated heterocycles. The van der Waals surface area contributed by atoms with Gasteiger partial charge in [-0.2, -0.15) is 0 Å². The van der Waals surface area contributed by atoms with Crippen LogP contribution in [0.15, 0.2) is 27.8 Å². The van der Waals surface area contributed by atoms with E-state index in [1.54, 1.807) is 25.3 Å². The maximum absolute atomic E-state index is 12.6. The number of hydrogen-bond acceptors (Lipinski definition) is 6. The fourth-order valence-electron chi connectivity index (χ4n) is 2.97. The summed E-state index contributed by atoms with van der Waals surface area (Å²) in [7, 11) is 0. The lowest BCUT2D eigenvalue weighted by molar-refractivity contribution is -0.129. The van der Waals surface area contributed by atoms with Crippen molar-refractivity contribution in [3.63, 3.8) is 0 Å². The number of hydrogen-bond donors (Lipinski definition) is 1. The molecular formula is C18H22N4O3S. The Labute approximate surface area is 156 Å². The molecule has 1 aliphatic heterocycles. The van der Waals surface area contributed by atoms with E-state index in [0.29, 0.717) is 40.8 Å². The van der Waals surface area contributed by atoms with E-state index in [1.807, 2.05) is 11.2 Å². The summed E-state index contributed by atoms with van der Waals surface area (Å²) in [5, 5.41) is 3.41. The maximum atomic E-state index is 12.6. The largest absolute Gasteiger partial charge is 0.461 e. The fraction of sp³-hybridized carbons (Fsp3) is 0.444. The van der Waals surface area contributed by atoms with Gasteiger partial charge in [0, 0.05) is 26.1 Å². The predicted octanol–water partition coefficient (Wildman–Crippen LogP) is 2.51. The van der Waals surface area contributed by atoms with E-state index in [2.05, 4.69) is 15.3 Å².